The van der Waals surface area contributed by atoms with Crippen LogP contribution in [0.4, 0.5) is 15.8 Å². The molecule has 1 fully saturated rings. The second-order valence-corrected chi connectivity index (χ2v) is 10.2. The van der Waals surface area contributed by atoms with E-state index in [0.717, 1.165) is 43.6 Å². The monoisotopic (exact) mass is 447 g/mol. The molecule has 0 unspecified atom stereocenters. The van der Waals surface area contributed by atoms with E-state index in [9.17, 15) is 17.6 Å². The van der Waals surface area contributed by atoms with E-state index in [1.807, 2.05) is 24.3 Å². The number of nitrogens with zero attached hydrogens (tertiary/aromatic N) is 1. The maximum atomic E-state index is 14.0. The standard InChI is InChI=1S/C23H30FN3O3S/c1-16(2)22(26-31(29,30)21-7-5-4-6-20(21)24)23(28)25-18-8-10-19(11-9-18)27-14-12-17(3)13-15-27/h4-11,16-17,22,26H,12-15H2,1-3H3,(H,25,28)/t22-/m0/s1. The molecule has 0 aliphatic carbocycles. The number of benzene rings is 2. The molecule has 6 nitrogen and oxygen atoms in total. The molecule has 2 aromatic carbocycles. The molecule has 1 amide bonds. The third kappa shape index (κ3) is 5.83. The van der Waals surface area contributed by atoms with Crippen LogP contribution in [-0.2, 0) is 14.8 Å². The smallest absolute Gasteiger partial charge is 0.244 e. The highest BCUT2D eigenvalue weighted by Crippen LogP contribution is 2.24. The van der Waals surface area contributed by atoms with Crippen LogP contribution in [0.15, 0.2) is 53.4 Å². The van der Waals surface area contributed by atoms with Crippen molar-refractivity contribution in [2.45, 2.75) is 44.6 Å². The van der Waals surface area contributed by atoms with Crippen LogP contribution in [-0.4, -0.2) is 33.5 Å². The molecule has 0 spiro atoms. The molecule has 1 aliphatic heterocycles. The van der Waals surface area contributed by atoms with E-state index in [2.05, 4.69) is 21.9 Å². The first-order valence-electron chi connectivity index (χ1n) is 10.6. The summed E-state index contributed by atoms with van der Waals surface area (Å²) in [4.78, 5) is 14.7. The minimum absolute atomic E-state index is 0.337. The molecule has 0 aromatic heterocycles. The molecule has 0 radical (unpaired) electrons. The molecule has 2 N–H and O–H groups in total. The lowest BCUT2D eigenvalue weighted by atomic mass is 9.99. The van der Waals surface area contributed by atoms with Gasteiger partial charge in [-0.1, -0.05) is 32.9 Å². The molecular formula is C23H30FN3O3S. The number of piperidine rings is 1. The summed E-state index contributed by atoms with van der Waals surface area (Å²) in [5, 5.41) is 2.77. The fourth-order valence-corrected chi connectivity index (χ4v) is 5.05. The number of nitrogens with one attached hydrogen (secondary N) is 2. The van der Waals surface area contributed by atoms with Crippen LogP contribution >= 0.6 is 0 Å². The fraction of sp³-hybridized carbons (Fsp3) is 0.435. The lowest BCUT2D eigenvalue weighted by Crippen LogP contribution is -2.47. The van der Waals surface area contributed by atoms with E-state index in [4.69, 9.17) is 0 Å². The normalized spacial score (nSPS) is 16.4. The number of hydrogen-bond donors (Lipinski definition) is 2. The first kappa shape index (κ1) is 23.2. The molecule has 1 saturated heterocycles. The van der Waals surface area contributed by atoms with Gasteiger partial charge in [-0.05, 0) is 61.1 Å². The summed E-state index contributed by atoms with van der Waals surface area (Å²) in [5.41, 5.74) is 1.68. The fourth-order valence-electron chi connectivity index (χ4n) is 3.63. The highest BCUT2D eigenvalue weighted by Gasteiger charge is 2.30. The molecule has 1 heterocycles. The van der Waals surface area contributed by atoms with E-state index in [1.54, 1.807) is 13.8 Å². The maximum absolute atomic E-state index is 14.0. The summed E-state index contributed by atoms with van der Waals surface area (Å²) in [6.07, 6.45) is 2.33. The number of carbonyl (C=O) groups excluding carboxylic acids is 1. The Morgan fingerprint density at radius 2 is 1.68 bits per heavy atom. The second kappa shape index (κ2) is 9.78. The summed E-state index contributed by atoms with van der Waals surface area (Å²) in [5.74, 6) is -0.942. The Hall–Kier alpha value is -2.45. The number of carbonyl (C=O) groups is 1. The maximum Gasteiger partial charge on any atom is 0.244 e. The number of rotatable bonds is 7. The van der Waals surface area contributed by atoms with E-state index in [0.29, 0.717) is 5.69 Å². The molecule has 168 valence electrons. The summed E-state index contributed by atoms with van der Waals surface area (Å²) < 4.78 is 41.6. The van der Waals surface area contributed by atoms with E-state index >= 15 is 0 Å². The van der Waals surface area contributed by atoms with Crippen LogP contribution < -0.4 is 14.9 Å². The van der Waals surface area contributed by atoms with E-state index < -0.39 is 32.7 Å². The first-order valence-corrected chi connectivity index (χ1v) is 12.1. The van der Waals surface area contributed by atoms with Crippen LogP contribution in [0.25, 0.3) is 0 Å². The van der Waals surface area contributed by atoms with Crippen molar-refractivity contribution in [3.63, 3.8) is 0 Å². The van der Waals surface area contributed by atoms with Crippen LogP contribution in [0, 0.1) is 17.7 Å². The van der Waals surface area contributed by atoms with Crippen molar-refractivity contribution in [3.8, 4) is 0 Å². The SMILES string of the molecule is CC1CCN(c2ccc(NC(=O)[C@@H](NS(=O)(=O)c3ccccc3F)C(C)C)cc2)CC1. The molecule has 8 heteroatoms. The average Bonchev–Trinajstić information content (AvgIpc) is 2.73. The molecule has 3 rings (SSSR count). The van der Waals surface area contributed by atoms with Crippen molar-refractivity contribution in [1.82, 2.24) is 4.72 Å². The Kier molecular flexibility index (Phi) is 7.33. The Labute approximate surface area is 183 Å². The van der Waals surface area contributed by atoms with Gasteiger partial charge in [-0.3, -0.25) is 4.79 Å². The topological polar surface area (TPSA) is 78.5 Å². The van der Waals surface area contributed by atoms with Gasteiger partial charge in [0.15, 0.2) is 0 Å². The molecule has 2 aromatic rings. The molecule has 1 aliphatic rings. The highest BCUT2D eigenvalue weighted by atomic mass is 32.2. The van der Waals surface area contributed by atoms with Crippen LogP contribution in [0.3, 0.4) is 0 Å². The molecule has 0 saturated carbocycles. The van der Waals surface area contributed by atoms with Crippen molar-refractivity contribution in [3.05, 3.63) is 54.3 Å². The summed E-state index contributed by atoms with van der Waals surface area (Å²) >= 11 is 0. The molecule has 31 heavy (non-hydrogen) atoms. The number of sulfonamides is 1. The lowest BCUT2D eigenvalue weighted by molar-refractivity contribution is -0.118. The van der Waals surface area contributed by atoms with Gasteiger partial charge in [-0.15, -0.1) is 0 Å². The van der Waals surface area contributed by atoms with Crippen molar-refractivity contribution in [2.75, 3.05) is 23.3 Å². The van der Waals surface area contributed by atoms with Crippen molar-refractivity contribution in [1.29, 1.82) is 0 Å². The summed E-state index contributed by atoms with van der Waals surface area (Å²) in [6.45, 7) is 7.75. The first-order chi connectivity index (χ1) is 14.7. The predicted octanol–water partition coefficient (Wildman–Crippen LogP) is 4.00. The largest absolute Gasteiger partial charge is 0.372 e. The van der Waals surface area contributed by atoms with Gasteiger partial charge in [0, 0.05) is 24.5 Å². The lowest BCUT2D eigenvalue weighted by Gasteiger charge is -2.32. The van der Waals surface area contributed by atoms with Crippen LogP contribution in [0.5, 0.6) is 0 Å². The van der Waals surface area contributed by atoms with Gasteiger partial charge in [0.05, 0.1) is 0 Å². The van der Waals surface area contributed by atoms with Crippen LogP contribution in [0.2, 0.25) is 0 Å². The number of anilines is 2. The van der Waals surface area contributed by atoms with Gasteiger partial charge in [0.25, 0.3) is 0 Å². The Bertz CT molecular complexity index is 1000. The zero-order valence-electron chi connectivity index (χ0n) is 18.1. The third-order valence-electron chi connectivity index (χ3n) is 5.64. The average molecular weight is 448 g/mol. The van der Waals surface area contributed by atoms with Gasteiger partial charge in [0.2, 0.25) is 15.9 Å². The minimum Gasteiger partial charge on any atom is -0.372 e. The Morgan fingerprint density at radius 1 is 1.06 bits per heavy atom. The van der Waals surface area contributed by atoms with Crippen molar-refractivity contribution in [2.24, 2.45) is 11.8 Å². The summed E-state index contributed by atoms with van der Waals surface area (Å²) in [7, 11) is -4.19. The zero-order chi connectivity index (χ0) is 22.6. The molecular weight excluding hydrogens is 417 g/mol. The highest BCUT2D eigenvalue weighted by molar-refractivity contribution is 7.89. The van der Waals surface area contributed by atoms with Gasteiger partial charge in [-0.2, -0.15) is 4.72 Å². The van der Waals surface area contributed by atoms with Gasteiger partial charge in [-0.25, -0.2) is 12.8 Å². The number of amides is 1. The minimum atomic E-state index is -4.19. The zero-order valence-corrected chi connectivity index (χ0v) is 19.0. The molecule has 1 atom stereocenters. The Balaban J connectivity index is 1.69. The van der Waals surface area contributed by atoms with Gasteiger partial charge < -0.3 is 10.2 Å². The van der Waals surface area contributed by atoms with Gasteiger partial charge in [0.1, 0.15) is 16.8 Å². The number of halogens is 1. The number of hydrogen-bond acceptors (Lipinski definition) is 4. The molecule has 0 bridgehead atoms. The Morgan fingerprint density at radius 3 is 2.26 bits per heavy atom. The van der Waals surface area contributed by atoms with E-state index in [1.165, 1.54) is 18.2 Å². The second-order valence-electron chi connectivity index (χ2n) is 8.48. The van der Waals surface area contributed by atoms with Crippen molar-refractivity contribution >= 4 is 27.3 Å². The quantitative estimate of drug-likeness (QED) is 0.672. The van der Waals surface area contributed by atoms with Crippen molar-refractivity contribution < 1.29 is 17.6 Å². The third-order valence-corrected chi connectivity index (χ3v) is 7.12. The van der Waals surface area contributed by atoms with Crippen LogP contribution in [0.1, 0.15) is 33.6 Å². The van der Waals surface area contributed by atoms with E-state index in [-0.39, 0.29) is 5.92 Å². The predicted molar refractivity (Wildman–Crippen MR) is 121 cm³/mol. The van der Waals surface area contributed by atoms with Gasteiger partial charge >= 0.3 is 0 Å². The summed E-state index contributed by atoms with van der Waals surface area (Å²) in [6, 6.07) is 11.6.